The van der Waals surface area contributed by atoms with Crippen molar-refractivity contribution in [3.05, 3.63) is 53.1 Å². The smallest absolute Gasteiger partial charge is 0.269 e. The Morgan fingerprint density at radius 1 is 1.44 bits per heavy atom. The Hall–Kier alpha value is -2.17. The molecule has 0 spiro atoms. The van der Waals surface area contributed by atoms with Gasteiger partial charge in [-0.2, -0.15) is 5.10 Å². The Morgan fingerprint density at radius 2 is 2.33 bits per heavy atom. The van der Waals surface area contributed by atoms with Crippen LogP contribution in [-0.2, 0) is 6.42 Å². The molecule has 92 valence electrons. The number of fused-ring (bicyclic) bond motifs is 1. The second kappa shape index (κ2) is 4.25. The van der Waals surface area contributed by atoms with Crippen LogP contribution in [0.2, 0.25) is 0 Å². The highest BCUT2D eigenvalue weighted by atomic mass is 19.1. The molecule has 1 heterocycles. The van der Waals surface area contributed by atoms with Crippen molar-refractivity contribution in [1.82, 2.24) is 15.5 Å². The highest BCUT2D eigenvalue weighted by Crippen LogP contribution is 2.32. The molecule has 1 aliphatic rings. The lowest BCUT2D eigenvalue weighted by molar-refractivity contribution is 0.0931. The minimum absolute atomic E-state index is 0.119. The molecule has 0 saturated carbocycles. The minimum atomic E-state index is -0.213. The number of benzene rings is 1. The van der Waals surface area contributed by atoms with Crippen molar-refractivity contribution in [2.75, 3.05) is 0 Å². The average molecular weight is 245 g/mol. The molecule has 0 radical (unpaired) electrons. The van der Waals surface area contributed by atoms with Crippen LogP contribution in [0.4, 0.5) is 4.39 Å². The van der Waals surface area contributed by atoms with Crippen molar-refractivity contribution in [3.63, 3.8) is 0 Å². The Kier molecular flexibility index (Phi) is 2.59. The summed E-state index contributed by atoms with van der Waals surface area (Å²) in [5.41, 5.74) is 2.01. The topological polar surface area (TPSA) is 57.8 Å². The van der Waals surface area contributed by atoms with Crippen molar-refractivity contribution in [2.45, 2.75) is 18.9 Å². The lowest BCUT2D eigenvalue weighted by Crippen LogP contribution is -2.27. The number of H-pyrrole nitrogens is 1. The van der Waals surface area contributed by atoms with Gasteiger partial charge in [0, 0.05) is 6.20 Å². The van der Waals surface area contributed by atoms with Crippen LogP contribution in [-0.4, -0.2) is 16.1 Å². The standard InChI is InChI=1S/C13H12FN3O/c14-10-3-1-2-9-8(10)4-5-11(9)16-13(18)12-6-7-15-17-12/h1-3,6-7,11H,4-5H2,(H,15,17)(H,16,18)/t11-/m0/s1. The molecule has 0 bridgehead atoms. The van der Waals surface area contributed by atoms with Gasteiger partial charge >= 0.3 is 0 Å². The summed E-state index contributed by atoms with van der Waals surface area (Å²) in [5.74, 6) is -0.402. The SMILES string of the molecule is O=C(N[C@H]1CCc2c(F)cccc21)c1ccn[nH]1. The van der Waals surface area contributed by atoms with E-state index in [-0.39, 0.29) is 17.8 Å². The van der Waals surface area contributed by atoms with E-state index in [1.54, 1.807) is 12.1 Å². The molecule has 2 N–H and O–H groups in total. The first-order valence-corrected chi connectivity index (χ1v) is 5.83. The number of rotatable bonds is 2. The summed E-state index contributed by atoms with van der Waals surface area (Å²) in [5, 5.41) is 9.23. The number of hydrogen-bond acceptors (Lipinski definition) is 2. The number of hydrogen-bond donors (Lipinski definition) is 2. The molecule has 1 aliphatic carbocycles. The van der Waals surface area contributed by atoms with Crippen LogP contribution in [0.3, 0.4) is 0 Å². The zero-order chi connectivity index (χ0) is 12.5. The number of amides is 1. The van der Waals surface area contributed by atoms with E-state index in [0.717, 1.165) is 12.0 Å². The molecular weight excluding hydrogens is 233 g/mol. The van der Waals surface area contributed by atoms with E-state index < -0.39 is 0 Å². The molecule has 1 aromatic heterocycles. The summed E-state index contributed by atoms with van der Waals surface area (Å²) < 4.78 is 13.5. The molecule has 0 unspecified atom stereocenters. The minimum Gasteiger partial charge on any atom is -0.344 e. The third-order valence-corrected chi connectivity index (χ3v) is 3.26. The Morgan fingerprint density at radius 3 is 3.11 bits per heavy atom. The number of aromatic nitrogens is 2. The average Bonchev–Trinajstić information content (AvgIpc) is 2.99. The third kappa shape index (κ3) is 1.77. The van der Waals surface area contributed by atoms with Crippen molar-refractivity contribution in [2.24, 2.45) is 0 Å². The Labute approximate surface area is 103 Å². The van der Waals surface area contributed by atoms with Gasteiger partial charge in [0.05, 0.1) is 6.04 Å². The van der Waals surface area contributed by atoms with Crippen molar-refractivity contribution in [1.29, 1.82) is 0 Å². The summed E-state index contributed by atoms with van der Waals surface area (Å²) in [6, 6.07) is 6.49. The molecule has 0 fully saturated rings. The molecule has 1 aromatic carbocycles. The van der Waals surface area contributed by atoms with E-state index in [1.165, 1.54) is 12.3 Å². The lowest BCUT2D eigenvalue weighted by atomic mass is 10.1. The molecular formula is C13H12FN3O. The third-order valence-electron chi connectivity index (χ3n) is 3.26. The summed E-state index contributed by atoms with van der Waals surface area (Å²) in [7, 11) is 0. The van der Waals surface area contributed by atoms with Gasteiger partial charge in [-0.05, 0) is 36.1 Å². The zero-order valence-corrected chi connectivity index (χ0v) is 9.61. The quantitative estimate of drug-likeness (QED) is 0.849. The van der Waals surface area contributed by atoms with Gasteiger partial charge in [0.2, 0.25) is 0 Å². The molecule has 1 atom stereocenters. The van der Waals surface area contributed by atoms with E-state index in [9.17, 15) is 9.18 Å². The maximum absolute atomic E-state index is 13.5. The number of carbonyl (C=O) groups is 1. The largest absolute Gasteiger partial charge is 0.344 e. The first kappa shape index (κ1) is 11.0. The van der Waals surface area contributed by atoms with E-state index >= 15 is 0 Å². The maximum atomic E-state index is 13.5. The van der Waals surface area contributed by atoms with Gasteiger partial charge in [0.15, 0.2) is 0 Å². The predicted octanol–water partition coefficient (Wildman–Crippen LogP) is 1.97. The van der Waals surface area contributed by atoms with E-state index in [2.05, 4.69) is 15.5 Å². The van der Waals surface area contributed by atoms with Gasteiger partial charge in [-0.1, -0.05) is 12.1 Å². The number of aromatic amines is 1. The number of nitrogens with one attached hydrogen (secondary N) is 2. The van der Waals surface area contributed by atoms with Gasteiger partial charge < -0.3 is 5.32 Å². The first-order chi connectivity index (χ1) is 8.75. The van der Waals surface area contributed by atoms with Crippen LogP contribution in [0.5, 0.6) is 0 Å². The summed E-state index contributed by atoms with van der Waals surface area (Å²) in [6.45, 7) is 0. The summed E-state index contributed by atoms with van der Waals surface area (Å²) >= 11 is 0. The van der Waals surface area contributed by atoms with E-state index in [1.807, 2.05) is 6.07 Å². The Balaban J connectivity index is 1.81. The predicted molar refractivity (Wildman–Crippen MR) is 63.5 cm³/mol. The van der Waals surface area contributed by atoms with Crippen molar-refractivity contribution in [3.8, 4) is 0 Å². The van der Waals surface area contributed by atoms with Gasteiger partial charge in [0.1, 0.15) is 11.5 Å². The highest BCUT2D eigenvalue weighted by Gasteiger charge is 2.26. The van der Waals surface area contributed by atoms with Gasteiger partial charge in [-0.15, -0.1) is 0 Å². The fourth-order valence-electron chi connectivity index (χ4n) is 2.38. The van der Waals surface area contributed by atoms with Gasteiger partial charge in [-0.3, -0.25) is 9.89 Å². The molecule has 1 amide bonds. The van der Waals surface area contributed by atoms with Crippen molar-refractivity contribution >= 4 is 5.91 Å². The fraction of sp³-hybridized carbons (Fsp3) is 0.231. The molecule has 18 heavy (non-hydrogen) atoms. The highest BCUT2D eigenvalue weighted by molar-refractivity contribution is 5.92. The van der Waals surface area contributed by atoms with Crippen molar-refractivity contribution < 1.29 is 9.18 Å². The molecule has 0 saturated heterocycles. The van der Waals surface area contributed by atoms with Gasteiger partial charge in [-0.25, -0.2) is 4.39 Å². The first-order valence-electron chi connectivity index (χ1n) is 5.83. The second-order valence-electron chi connectivity index (χ2n) is 4.34. The molecule has 5 heteroatoms. The number of carbonyl (C=O) groups excluding carboxylic acids is 1. The second-order valence-corrected chi connectivity index (χ2v) is 4.34. The van der Waals surface area contributed by atoms with Crippen LogP contribution in [0.25, 0.3) is 0 Å². The zero-order valence-electron chi connectivity index (χ0n) is 9.61. The Bertz CT molecular complexity index is 580. The summed E-state index contributed by atoms with van der Waals surface area (Å²) in [6.07, 6.45) is 2.92. The fourth-order valence-corrected chi connectivity index (χ4v) is 2.38. The monoisotopic (exact) mass is 245 g/mol. The number of halogens is 1. The number of nitrogens with zero attached hydrogens (tertiary/aromatic N) is 1. The molecule has 4 nitrogen and oxygen atoms in total. The van der Waals surface area contributed by atoms with Crippen LogP contribution >= 0.6 is 0 Å². The summed E-state index contributed by atoms with van der Waals surface area (Å²) in [4.78, 5) is 11.9. The molecule has 2 aromatic rings. The van der Waals surface area contributed by atoms with Crippen LogP contribution in [0.15, 0.2) is 30.5 Å². The van der Waals surface area contributed by atoms with Crippen LogP contribution in [0, 0.1) is 5.82 Å². The van der Waals surface area contributed by atoms with E-state index in [0.29, 0.717) is 17.7 Å². The lowest BCUT2D eigenvalue weighted by Gasteiger charge is -2.13. The molecule has 3 rings (SSSR count). The maximum Gasteiger partial charge on any atom is 0.269 e. The van der Waals surface area contributed by atoms with Crippen LogP contribution < -0.4 is 5.32 Å². The van der Waals surface area contributed by atoms with Crippen LogP contribution in [0.1, 0.15) is 34.1 Å². The normalized spacial score (nSPS) is 17.5. The van der Waals surface area contributed by atoms with E-state index in [4.69, 9.17) is 0 Å². The van der Waals surface area contributed by atoms with Gasteiger partial charge in [0.25, 0.3) is 5.91 Å². The molecule has 0 aliphatic heterocycles.